The largest absolute Gasteiger partial charge is 0.315 e. The fourth-order valence-electron chi connectivity index (χ4n) is 2.15. The fourth-order valence-corrected chi connectivity index (χ4v) is 3.07. The van der Waals surface area contributed by atoms with Crippen LogP contribution >= 0.6 is 11.8 Å². The van der Waals surface area contributed by atoms with Gasteiger partial charge in [0.25, 0.3) is 0 Å². The van der Waals surface area contributed by atoms with Gasteiger partial charge in [-0.1, -0.05) is 43.8 Å². The summed E-state index contributed by atoms with van der Waals surface area (Å²) < 4.78 is 2.07. The molecule has 0 radical (unpaired) electrons. The minimum Gasteiger partial charge on any atom is -0.315 e. The van der Waals surface area contributed by atoms with Crippen LogP contribution in [0.5, 0.6) is 0 Å². The van der Waals surface area contributed by atoms with E-state index in [2.05, 4.69) is 35.5 Å². The molecule has 1 aromatic heterocycles. The molecule has 0 saturated heterocycles. The van der Waals surface area contributed by atoms with Gasteiger partial charge < -0.3 is 9.47 Å². The molecule has 0 aliphatic rings. The number of carbonyl (C=O) groups is 1. The molecule has 0 atom stereocenters. The number of nitrogens with zero attached hydrogens (tertiary/aromatic N) is 4. The van der Waals surface area contributed by atoms with Gasteiger partial charge in [0, 0.05) is 25.2 Å². The Balaban J connectivity index is 2.02. The summed E-state index contributed by atoms with van der Waals surface area (Å²) in [4.78, 5) is 14.0. The quantitative estimate of drug-likeness (QED) is 0.768. The predicted molar refractivity (Wildman–Crippen MR) is 90.4 cm³/mol. The second-order valence-corrected chi connectivity index (χ2v) is 6.26. The van der Waals surface area contributed by atoms with E-state index in [9.17, 15) is 4.79 Å². The summed E-state index contributed by atoms with van der Waals surface area (Å²) in [5, 5.41) is 9.26. The zero-order valence-corrected chi connectivity index (χ0v) is 14.3. The number of benzene rings is 1. The van der Waals surface area contributed by atoms with Crippen LogP contribution < -0.4 is 4.90 Å². The Hall–Kier alpha value is -1.82. The van der Waals surface area contributed by atoms with Gasteiger partial charge in [-0.05, 0) is 19.1 Å². The summed E-state index contributed by atoms with van der Waals surface area (Å²) in [7, 11) is 1.79. The van der Waals surface area contributed by atoms with Crippen LogP contribution in [0.4, 0.5) is 5.69 Å². The maximum absolute atomic E-state index is 12.3. The highest BCUT2D eigenvalue weighted by molar-refractivity contribution is 7.99. The molecule has 5 nitrogen and oxygen atoms in total. The van der Waals surface area contributed by atoms with Crippen molar-refractivity contribution in [2.45, 2.75) is 38.4 Å². The smallest absolute Gasteiger partial charge is 0.237 e. The van der Waals surface area contributed by atoms with Crippen LogP contribution in [-0.4, -0.2) is 33.5 Å². The maximum Gasteiger partial charge on any atom is 0.237 e. The van der Waals surface area contributed by atoms with E-state index >= 15 is 0 Å². The normalized spacial score (nSPS) is 11.0. The lowest BCUT2D eigenvalue weighted by Crippen LogP contribution is -2.28. The Morgan fingerprint density at radius 1 is 1.27 bits per heavy atom. The third kappa shape index (κ3) is 3.68. The van der Waals surface area contributed by atoms with Crippen LogP contribution in [0.2, 0.25) is 0 Å². The average molecular weight is 318 g/mol. The van der Waals surface area contributed by atoms with E-state index in [4.69, 9.17) is 0 Å². The Morgan fingerprint density at radius 3 is 2.55 bits per heavy atom. The van der Waals surface area contributed by atoms with Crippen LogP contribution in [0.15, 0.2) is 35.5 Å². The van der Waals surface area contributed by atoms with E-state index in [0.29, 0.717) is 11.7 Å². The molecule has 0 saturated carbocycles. The van der Waals surface area contributed by atoms with E-state index < -0.39 is 0 Å². The lowest BCUT2D eigenvalue weighted by molar-refractivity contribution is -0.115. The molecule has 0 unspecified atom stereocenters. The Labute approximate surface area is 135 Å². The van der Waals surface area contributed by atoms with Gasteiger partial charge in [0.15, 0.2) is 5.16 Å². The monoisotopic (exact) mass is 318 g/mol. The third-order valence-electron chi connectivity index (χ3n) is 3.42. The highest BCUT2D eigenvalue weighted by atomic mass is 32.2. The van der Waals surface area contributed by atoms with Crippen LogP contribution in [0.1, 0.15) is 32.5 Å². The molecule has 0 fully saturated rings. The second-order valence-electron chi connectivity index (χ2n) is 5.32. The second kappa shape index (κ2) is 7.45. The summed E-state index contributed by atoms with van der Waals surface area (Å²) in [5.41, 5.74) is 0.896. The number of aromatic nitrogens is 3. The first-order valence-electron chi connectivity index (χ1n) is 7.42. The molecule has 0 aliphatic carbocycles. The number of thioether (sulfide) groups is 1. The summed E-state index contributed by atoms with van der Waals surface area (Å²) >= 11 is 1.44. The van der Waals surface area contributed by atoms with Crippen molar-refractivity contribution in [2.75, 3.05) is 17.7 Å². The molecule has 0 N–H and O–H groups in total. The van der Waals surface area contributed by atoms with Gasteiger partial charge in [-0.2, -0.15) is 0 Å². The van der Waals surface area contributed by atoms with Crippen LogP contribution in [0, 0.1) is 0 Å². The minimum atomic E-state index is 0.0490. The lowest BCUT2D eigenvalue weighted by Gasteiger charge is -2.17. The summed E-state index contributed by atoms with van der Waals surface area (Å²) in [5.74, 6) is 1.69. The van der Waals surface area contributed by atoms with E-state index in [1.54, 1.807) is 11.9 Å². The van der Waals surface area contributed by atoms with E-state index in [1.807, 2.05) is 30.3 Å². The van der Waals surface area contributed by atoms with Crippen LogP contribution in [0.25, 0.3) is 0 Å². The van der Waals surface area contributed by atoms with Crippen molar-refractivity contribution < 1.29 is 4.79 Å². The lowest BCUT2D eigenvalue weighted by atomic mass is 10.2. The maximum atomic E-state index is 12.3. The van der Waals surface area contributed by atoms with Gasteiger partial charge in [-0.25, -0.2) is 0 Å². The van der Waals surface area contributed by atoms with Crippen LogP contribution in [0.3, 0.4) is 0 Å². The Morgan fingerprint density at radius 2 is 1.95 bits per heavy atom. The Bertz CT molecular complexity index is 624. The summed E-state index contributed by atoms with van der Waals surface area (Å²) in [6.07, 6.45) is 0. The van der Waals surface area contributed by atoms with Crippen molar-refractivity contribution in [3.05, 3.63) is 36.2 Å². The zero-order chi connectivity index (χ0) is 16.1. The van der Waals surface area contributed by atoms with Gasteiger partial charge in [-0.15, -0.1) is 10.2 Å². The van der Waals surface area contributed by atoms with Crippen molar-refractivity contribution in [1.82, 2.24) is 14.8 Å². The number of anilines is 1. The van der Waals surface area contributed by atoms with Gasteiger partial charge in [-0.3, -0.25) is 4.79 Å². The molecular formula is C16H22N4OS. The summed E-state index contributed by atoms with van der Waals surface area (Å²) in [6.45, 7) is 7.07. The minimum absolute atomic E-state index is 0.0490. The average Bonchev–Trinajstić information content (AvgIpc) is 2.95. The zero-order valence-electron chi connectivity index (χ0n) is 13.5. The van der Waals surface area contributed by atoms with Crippen molar-refractivity contribution in [3.8, 4) is 0 Å². The summed E-state index contributed by atoms with van der Waals surface area (Å²) in [6, 6.07) is 9.64. The predicted octanol–water partition coefficient (Wildman–Crippen LogP) is 3.18. The fraction of sp³-hybridized carbons (Fsp3) is 0.438. The van der Waals surface area contributed by atoms with Crippen molar-refractivity contribution in [2.24, 2.45) is 0 Å². The van der Waals surface area contributed by atoms with E-state index in [-0.39, 0.29) is 5.91 Å². The van der Waals surface area contributed by atoms with Crippen LogP contribution in [-0.2, 0) is 11.3 Å². The standard InChI is InChI=1S/C16H22N4OS/c1-5-20-15(12(2)3)17-18-16(20)22-11-14(21)19(4)13-9-7-6-8-10-13/h6-10,12H,5,11H2,1-4H3. The molecule has 0 bridgehead atoms. The molecule has 22 heavy (non-hydrogen) atoms. The molecular weight excluding hydrogens is 296 g/mol. The molecule has 2 aromatic rings. The Kier molecular flexibility index (Phi) is 5.60. The topological polar surface area (TPSA) is 51.0 Å². The van der Waals surface area contributed by atoms with Gasteiger partial charge in [0.1, 0.15) is 5.82 Å². The van der Waals surface area contributed by atoms with Crippen molar-refractivity contribution >= 4 is 23.4 Å². The third-order valence-corrected chi connectivity index (χ3v) is 4.37. The van der Waals surface area contributed by atoms with Crippen molar-refractivity contribution in [1.29, 1.82) is 0 Å². The molecule has 2 rings (SSSR count). The SMILES string of the molecule is CCn1c(SCC(=O)N(C)c2ccccc2)nnc1C(C)C. The first-order chi connectivity index (χ1) is 10.5. The highest BCUT2D eigenvalue weighted by Crippen LogP contribution is 2.22. The number of rotatable bonds is 6. The number of carbonyl (C=O) groups excluding carboxylic acids is 1. The van der Waals surface area contributed by atoms with Gasteiger partial charge >= 0.3 is 0 Å². The molecule has 0 spiro atoms. The molecule has 1 aromatic carbocycles. The van der Waals surface area contributed by atoms with Gasteiger partial charge in [0.05, 0.1) is 5.75 Å². The molecule has 1 heterocycles. The number of hydrogen-bond acceptors (Lipinski definition) is 4. The van der Waals surface area contributed by atoms with Gasteiger partial charge in [0.2, 0.25) is 5.91 Å². The van der Waals surface area contributed by atoms with E-state index in [1.165, 1.54) is 11.8 Å². The molecule has 0 aliphatic heterocycles. The highest BCUT2D eigenvalue weighted by Gasteiger charge is 2.17. The van der Waals surface area contributed by atoms with Crippen molar-refractivity contribution in [3.63, 3.8) is 0 Å². The molecule has 1 amide bonds. The number of amides is 1. The first kappa shape index (κ1) is 16.5. The molecule has 6 heteroatoms. The number of para-hydroxylation sites is 1. The van der Waals surface area contributed by atoms with E-state index in [0.717, 1.165) is 23.2 Å². The number of hydrogen-bond donors (Lipinski definition) is 0. The first-order valence-corrected chi connectivity index (χ1v) is 8.40. The molecule has 118 valence electrons.